The molecule has 0 spiro atoms. The monoisotopic (exact) mass is 319 g/mol. The highest BCUT2D eigenvalue weighted by molar-refractivity contribution is 5.96. The summed E-state index contributed by atoms with van der Waals surface area (Å²) in [5.41, 5.74) is 0.0762. The summed E-state index contributed by atoms with van der Waals surface area (Å²) in [6, 6.07) is 6.37. The lowest BCUT2D eigenvalue weighted by atomic mass is 9.97. The van der Waals surface area contributed by atoms with E-state index in [9.17, 15) is 14.0 Å². The molecule has 0 unspecified atom stereocenters. The molecule has 5 nitrogen and oxygen atoms in total. The van der Waals surface area contributed by atoms with Crippen molar-refractivity contribution in [2.45, 2.75) is 12.5 Å². The molecule has 23 heavy (non-hydrogen) atoms. The van der Waals surface area contributed by atoms with E-state index in [4.69, 9.17) is 0 Å². The van der Waals surface area contributed by atoms with Crippen LogP contribution in [0.1, 0.15) is 16.8 Å². The molecule has 0 radical (unpaired) electrons. The Morgan fingerprint density at radius 2 is 1.83 bits per heavy atom. The van der Waals surface area contributed by atoms with Gasteiger partial charge >= 0.3 is 0 Å². The van der Waals surface area contributed by atoms with E-state index in [1.165, 1.54) is 12.1 Å². The van der Waals surface area contributed by atoms with Crippen LogP contribution in [0.3, 0.4) is 0 Å². The minimum absolute atomic E-state index is 0.0762. The maximum absolute atomic E-state index is 13.7. The number of carbonyl (C=O) groups is 2. The normalized spacial score (nSPS) is 21.7. The first-order valence-electron chi connectivity index (χ1n) is 7.96. The smallest absolute Gasteiger partial charge is 0.256 e. The Morgan fingerprint density at radius 3 is 2.43 bits per heavy atom. The molecule has 2 aliphatic heterocycles. The molecule has 0 saturated carbocycles. The highest BCUT2D eigenvalue weighted by atomic mass is 19.1. The van der Waals surface area contributed by atoms with Gasteiger partial charge in [-0.1, -0.05) is 12.1 Å². The molecule has 2 amide bonds. The average Bonchev–Trinajstić information content (AvgIpc) is 2.96. The summed E-state index contributed by atoms with van der Waals surface area (Å²) in [4.78, 5) is 30.3. The maximum atomic E-state index is 13.7. The molecule has 124 valence electrons. The minimum atomic E-state index is -0.513. The third-order valence-electron chi connectivity index (χ3n) is 4.83. The lowest BCUT2D eigenvalue weighted by Crippen LogP contribution is -2.56. The number of hydrogen-bond donors (Lipinski definition) is 0. The van der Waals surface area contributed by atoms with Crippen LogP contribution in [0.2, 0.25) is 0 Å². The zero-order chi connectivity index (χ0) is 16.6. The first-order valence-corrected chi connectivity index (χ1v) is 7.96. The van der Waals surface area contributed by atoms with Gasteiger partial charge in [-0.05, 0) is 32.6 Å². The van der Waals surface area contributed by atoms with Crippen LogP contribution >= 0.6 is 0 Å². The van der Waals surface area contributed by atoms with E-state index in [0.717, 1.165) is 19.5 Å². The van der Waals surface area contributed by atoms with E-state index >= 15 is 0 Å². The fourth-order valence-electron chi connectivity index (χ4n) is 3.23. The van der Waals surface area contributed by atoms with Crippen molar-refractivity contribution >= 4 is 11.8 Å². The molecule has 2 aliphatic rings. The fraction of sp³-hybridized carbons (Fsp3) is 0.529. The standard InChI is InChI=1S/C17H22FN3O2/c1-19(2)13-7-8-20(11-13)16(22)12-9-21(10-12)17(23)14-5-3-4-6-15(14)18/h3-6,12-13H,7-11H2,1-2H3/t13-/m1/s1. The molecule has 0 bridgehead atoms. The number of amides is 2. The van der Waals surface area contributed by atoms with Crippen LogP contribution in [0.5, 0.6) is 0 Å². The van der Waals surface area contributed by atoms with Crippen molar-refractivity contribution in [2.24, 2.45) is 5.92 Å². The third-order valence-corrected chi connectivity index (χ3v) is 4.83. The van der Waals surface area contributed by atoms with Gasteiger partial charge in [0.25, 0.3) is 5.91 Å². The molecular weight excluding hydrogens is 297 g/mol. The van der Waals surface area contributed by atoms with Gasteiger partial charge in [-0.3, -0.25) is 9.59 Å². The average molecular weight is 319 g/mol. The topological polar surface area (TPSA) is 43.9 Å². The molecular formula is C17H22FN3O2. The quantitative estimate of drug-likeness (QED) is 0.837. The van der Waals surface area contributed by atoms with Gasteiger partial charge in [0.05, 0.1) is 11.5 Å². The minimum Gasteiger partial charge on any atom is -0.341 e. The molecule has 1 aromatic rings. The van der Waals surface area contributed by atoms with Crippen LogP contribution in [0, 0.1) is 11.7 Å². The molecule has 3 rings (SSSR count). The molecule has 1 aromatic carbocycles. The van der Waals surface area contributed by atoms with Crippen LogP contribution in [0.25, 0.3) is 0 Å². The Morgan fingerprint density at radius 1 is 1.13 bits per heavy atom. The highest BCUT2D eigenvalue weighted by Crippen LogP contribution is 2.24. The van der Waals surface area contributed by atoms with E-state index in [1.54, 1.807) is 17.0 Å². The second-order valence-corrected chi connectivity index (χ2v) is 6.58. The van der Waals surface area contributed by atoms with Gasteiger partial charge in [0.2, 0.25) is 5.91 Å². The summed E-state index contributed by atoms with van der Waals surface area (Å²) in [7, 11) is 4.05. The predicted molar refractivity (Wildman–Crippen MR) is 84.5 cm³/mol. The molecule has 6 heteroatoms. The first kappa shape index (κ1) is 15.9. The van der Waals surface area contributed by atoms with E-state index in [2.05, 4.69) is 4.90 Å². The number of likely N-dealkylation sites (N-methyl/N-ethyl adjacent to an activating group) is 1. The summed E-state index contributed by atoms with van der Waals surface area (Å²) >= 11 is 0. The maximum Gasteiger partial charge on any atom is 0.256 e. The molecule has 1 atom stereocenters. The van der Waals surface area contributed by atoms with Crippen molar-refractivity contribution in [3.63, 3.8) is 0 Å². The Balaban J connectivity index is 1.54. The van der Waals surface area contributed by atoms with Gasteiger partial charge in [0, 0.05) is 32.2 Å². The number of carbonyl (C=O) groups excluding carboxylic acids is 2. The van der Waals surface area contributed by atoms with Gasteiger partial charge in [-0.2, -0.15) is 0 Å². The van der Waals surface area contributed by atoms with E-state index < -0.39 is 5.82 Å². The molecule has 2 saturated heterocycles. The lowest BCUT2D eigenvalue weighted by Gasteiger charge is -2.40. The highest BCUT2D eigenvalue weighted by Gasteiger charge is 2.40. The van der Waals surface area contributed by atoms with E-state index in [-0.39, 0.29) is 23.3 Å². The largest absolute Gasteiger partial charge is 0.341 e. The molecule has 2 fully saturated rings. The van der Waals surface area contributed by atoms with Crippen molar-refractivity contribution in [1.82, 2.24) is 14.7 Å². The van der Waals surface area contributed by atoms with Gasteiger partial charge in [0.15, 0.2) is 0 Å². The summed E-state index contributed by atoms with van der Waals surface area (Å²) in [5, 5.41) is 0. The first-order chi connectivity index (χ1) is 11.0. The van der Waals surface area contributed by atoms with Gasteiger partial charge < -0.3 is 14.7 Å². The molecule has 0 aromatic heterocycles. The third kappa shape index (κ3) is 3.08. The second kappa shape index (κ2) is 6.28. The Kier molecular flexibility index (Phi) is 4.35. The molecule has 0 aliphatic carbocycles. The number of benzene rings is 1. The van der Waals surface area contributed by atoms with Gasteiger partial charge in [-0.15, -0.1) is 0 Å². The summed E-state index contributed by atoms with van der Waals surface area (Å²) in [6.07, 6.45) is 0.989. The Labute approximate surface area is 135 Å². The van der Waals surface area contributed by atoms with Crippen molar-refractivity contribution in [3.05, 3.63) is 35.6 Å². The molecule has 0 N–H and O–H groups in total. The summed E-state index contributed by atoms with van der Waals surface area (Å²) in [5.74, 6) is -0.876. The van der Waals surface area contributed by atoms with Crippen molar-refractivity contribution in [1.29, 1.82) is 0 Å². The summed E-state index contributed by atoms with van der Waals surface area (Å²) in [6.45, 7) is 2.30. The van der Waals surface area contributed by atoms with Crippen LogP contribution in [0.15, 0.2) is 24.3 Å². The zero-order valence-corrected chi connectivity index (χ0v) is 13.5. The number of likely N-dealkylation sites (tertiary alicyclic amines) is 2. The fourth-order valence-corrected chi connectivity index (χ4v) is 3.23. The van der Waals surface area contributed by atoms with Gasteiger partial charge in [-0.25, -0.2) is 4.39 Å². The summed E-state index contributed by atoms with van der Waals surface area (Å²) < 4.78 is 13.7. The van der Waals surface area contributed by atoms with Gasteiger partial charge in [0.1, 0.15) is 5.82 Å². The predicted octanol–water partition coefficient (Wildman–Crippen LogP) is 1.06. The zero-order valence-electron chi connectivity index (χ0n) is 13.5. The molecule has 2 heterocycles. The van der Waals surface area contributed by atoms with Crippen LogP contribution in [-0.4, -0.2) is 72.8 Å². The number of nitrogens with zero attached hydrogens (tertiary/aromatic N) is 3. The SMILES string of the molecule is CN(C)[C@@H]1CCN(C(=O)C2CN(C(=O)c3ccccc3F)C2)C1. The lowest BCUT2D eigenvalue weighted by molar-refractivity contribution is -0.138. The van der Waals surface area contributed by atoms with Crippen LogP contribution in [0.4, 0.5) is 4.39 Å². The second-order valence-electron chi connectivity index (χ2n) is 6.58. The number of hydrogen-bond acceptors (Lipinski definition) is 3. The van der Waals surface area contributed by atoms with Crippen LogP contribution in [-0.2, 0) is 4.79 Å². The van der Waals surface area contributed by atoms with Crippen molar-refractivity contribution in [2.75, 3.05) is 40.3 Å². The number of halogens is 1. The van der Waals surface area contributed by atoms with E-state index in [1.807, 2.05) is 19.0 Å². The Bertz CT molecular complexity index is 614. The Hall–Kier alpha value is -1.95. The van der Waals surface area contributed by atoms with Crippen LogP contribution < -0.4 is 0 Å². The van der Waals surface area contributed by atoms with E-state index in [0.29, 0.717) is 19.1 Å². The number of rotatable bonds is 3. The van der Waals surface area contributed by atoms with Crippen molar-refractivity contribution < 1.29 is 14.0 Å². The van der Waals surface area contributed by atoms with Crippen molar-refractivity contribution in [3.8, 4) is 0 Å².